The van der Waals surface area contributed by atoms with Crippen molar-refractivity contribution in [1.29, 1.82) is 0 Å². The number of carbonyl (C=O) groups excluding carboxylic acids is 2. The zero-order chi connectivity index (χ0) is 24.1. The molecule has 1 aliphatic rings. The molecule has 0 radical (unpaired) electrons. The van der Waals surface area contributed by atoms with Crippen LogP contribution in [0.25, 0.3) is 0 Å². The van der Waals surface area contributed by atoms with E-state index < -0.39 is 29.9 Å². The second-order valence-corrected chi connectivity index (χ2v) is 10.1. The molecule has 1 fully saturated rings. The summed E-state index contributed by atoms with van der Waals surface area (Å²) in [4.78, 5) is 27.8. The molecule has 1 aliphatic heterocycles. The number of aliphatic hydroxyl groups excluding tert-OH is 1. The van der Waals surface area contributed by atoms with E-state index in [9.17, 15) is 14.7 Å². The predicted octanol–water partition coefficient (Wildman–Crippen LogP) is 3.45. The topological polar surface area (TPSA) is 90.9 Å². The zero-order valence-corrected chi connectivity index (χ0v) is 20.6. The van der Waals surface area contributed by atoms with Gasteiger partial charge in [-0.2, -0.15) is 0 Å². The van der Waals surface area contributed by atoms with Gasteiger partial charge in [-0.25, -0.2) is 4.79 Å². The van der Waals surface area contributed by atoms with Gasteiger partial charge in [0, 0.05) is 6.04 Å². The molecule has 7 heteroatoms. The summed E-state index contributed by atoms with van der Waals surface area (Å²) in [6, 6.07) is 8.19. The van der Waals surface area contributed by atoms with Gasteiger partial charge in [0.1, 0.15) is 11.6 Å². The van der Waals surface area contributed by atoms with Crippen LogP contribution < -0.4 is 10.6 Å². The van der Waals surface area contributed by atoms with Crippen LogP contribution in [0.15, 0.2) is 30.3 Å². The molecule has 0 spiro atoms. The lowest BCUT2D eigenvalue weighted by atomic mass is 9.96. The standard InChI is InChI=1S/C25H41N3O4/c1-8-12-17(4)28-22(16(2)3)27-20(23(28)30)21(29)19(15-18-13-10-9-11-14-18)26-24(31)32-25(5,6)7/h9-11,13-14,16-17,19-22,27,29H,8,12,15H2,1-7H3,(H,26,31)/t17?,19-,20-,21+,22?/m0/s1. The van der Waals surface area contributed by atoms with E-state index in [1.807, 2.05) is 42.2 Å². The molecule has 2 unspecified atom stereocenters. The normalized spacial score (nSPS) is 22.0. The molecule has 1 aromatic rings. The monoisotopic (exact) mass is 447 g/mol. The first kappa shape index (κ1) is 26.1. The van der Waals surface area contributed by atoms with E-state index in [1.54, 1.807) is 20.8 Å². The maximum atomic E-state index is 13.4. The highest BCUT2D eigenvalue weighted by atomic mass is 16.6. The zero-order valence-electron chi connectivity index (χ0n) is 20.6. The van der Waals surface area contributed by atoms with E-state index in [1.165, 1.54) is 0 Å². The second-order valence-electron chi connectivity index (χ2n) is 10.1. The maximum absolute atomic E-state index is 13.4. The smallest absolute Gasteiger partial charge is 0.407 e. The highest BCUT2D eigenvalue weighted by Crippen LogP contribution is 2.25. The summed E-state index contributed by atoms with van der Waals surface area (Å²) in [5.74, 6) is 0.0584. The minimum absolute atomic E-state index is 0.0657. The number of amides is 2. The number of rotatable bonds is 9. The van der Waals surface area contributed by atoms with Crippen molar-refractivity contribution in [2.75, 3.05) is 0 Å². The lowest BCUT2D eigenvalue weighted by molar-refractivity contribution is -0.134. The largest absolute Gasteiger partial charge is 0.444 e. The minimum atomic E-state index is -1.12. The lowest BCUT2D eigenvalue weighted by Crippen LogP contribution is -2.55. The third kappa shape index (κ3) is 6.94. The van der Waals surface area contributed by atoms with Crippen LogP contribution >= 0.6 is 0 Å². The number of benzene rings is 1. The molecule has 0 aliphatic carbocycles. The molecule has 0 saturated carbocycles. The van der Waals surface area contributed by atoms with Gasteiger partial charge in [0.2, 0.25) is 5.91 Å². The molecule has 0 bridgehead atoms. The van der Waals surface area contributed by atoms with Gasteiger partial charge in [-0.1, -0.05) is 57.5 Å². The summed E-state index contributed by atoms with van der Waals surface area (Å²) in [6.45, 7) is 13.6. The van der Waals surface area contributed by atoms with Crippen LogP contribution in [0.3, 0.4) is 0 Å². The average molecular weight is 448 g/mol. The summed E-state index contributed by atoms with van der Waals surface area (Å²) in [6.07, 6.45) is 0.351. The third-order valence-corrected chi connectivity index (χ3v) is 5.74. The van der Waals surface area contributed by atoms with Crippen LogP contribution in [0.2, 0.25) is 0 Å². The van der Waals surface area contributed by atoms with Crippen molar-refractivity contribution < 1.29 is 19.4 Å². The Balaban J connectivity index is 2.27. The number of nitrogens with zero attached hydrogens (tertiary/aromatic N) is 1. The van der Waals surface area contributed by atoms with Gasteiger partial charge in [0.25, 0.3) is 0 Å². The Kier molecular flexibility index (Phi) is 9.10. The van der Waals surface area contributed by atoms with Crippen molar-refractivity contribution in [3.05, 3.63) is 35.9 Å². The highest BCUT2D eigenvalue weighted by molar-refractivity contribution is 5.85. The Hall–Kier alpha value is -2.12. The van der Waals surface area contributed by atoms with Crippen molar-refractivity contribution >= 4 is 12.0 Å². The molecule has 7 nitrogen and oxygen atoms in total. The first-order valence-corrected chi connectivity index (χ1v) is 11.7. The number of hydrogen-bond acceptors (Lipinski definition) is 5. The first-order valence-electron chi connectivity index (χ1n) is 11.7. The molecular weight excluding hydrogens is 406 g/mol. The van der Waals surface area contributed by atoms with Crippen LogP contribution in [0.1, 0.15) is 66.9 Å². The summed E-state index contributed by atoms with van der Waals surface area (Å²) >= 11 is 0. The van der Waals surface area contributed by atoms with Crippen molar-refractivity contribution in [1.82, 2.24) is 15.5 Å². The number of ether oxygens (including phenoxy) is 1. The molecule has 1 aromatic carbocycles. The van der Waals surface area contributed by atoms with Crippen LogP contribution in [-0.2, 0) is 16.0 Å². The van der Waals surface area contributed by atoms with E-state index in [2.05, 4.69) is 31.4 Å². The van der Waals surface area contributed by atoms with E-state index in [-0.39, 0.29) is 24.0 Å². The molecule has 1 saturated heterocycles. The molecule has 2 rings (SSSR count). The van der Waals surface area contributed by atoms with Gasteiger partial charge in [-0.15, -0.1) is 0 Å². The molecule has 180 valence electrons. The Morgan fingerprint density at radius 2 is 1.84 bits per heavy atom. The fraction of sp³-hybridized carbons (Fsp3) is 0.680. The maximum Gasteiger partial charge on any atom is 0.407 e. The quantitative estimate of drug-likeness (QED) is 0.539. The summed E-state index contributed by atoms with van der Waals surface area (Å²) in [5.41, 5.74) is 0.290. The van der Waals surface area contributed by atoms with Crippen molar-refractivity contribution in [3.8, 4) is 0 Å². The van der Waals surface area contributed by atoms with Crippen molar-refractivity contribution in [2.45, 2.75) is 104 Å². The summed E-state index contributed by atoms with van der Waals surface area (Å²) in [5, 5.41) is 17.5. The number of nitrogens with one attached hydrogen (secondary N) is 2. The first-order chi connectivity index (χ1) is 14.9. The van der Waals surface area contributed by atoms with Crippen molar-refractivity contribution in [3.63, 3.8) is 0 Å². The van der Waals surface area contributed by atoms with Gasteiger partial charge < -0.3 is 20.1 Å². The van der Waals surface area contributed by atoms with Gasteiger partial charge in [0.15, 0.2) is 0 Å². The van der Waals surface area contributed by atoms with Crippen LogP contribution in [0, 0.1) is 5.92 Å². The number of carbonyl (C=O) groups is 2. The Morgan fingerprint density at radius 1 is 1.22 bits per heavy atom. The number of alkyl carbamates (subject to hydrolysis) is 1. The van der Waals surface area contributed by atoms with E-state index >= 15 is 0 Å². The van der Waals surface area contributed by atoms with Gasteiger partial charge in [0.05, 0.1) is 18.3 Å². The Labute approximate surface area is 192 Å². The van der Waals surface area contributed by atoms with Crippen LogP contribution in [0.5, 0.6) is 0 Å². The third-order valence-electron chi connectivity index (χ3n) is 5.74. The minimum Gasteiger partial charge on any atom is -0.444 e. The molecule has 3 N–H and O–H groups in total. The van der Waals surface area contributed by atoms with Gasteiger partial charge in [-0.05, 0) is 52.0 Å². The number of hydrogen-bond donors (Lipinski definition) is 3. The summed E-state index contributed by atoms with van der Waals surface area (Å²) < 4.78 is 5.42. The van der Waals surface area contributed by atoms with Gasteiger partial charge >= 0.3 is 6.09 Å². The van der Waals surface area contributed by atoms with Crippen molar-refractivity contribution in [2.24, 2.45) is 5.92 Å². The molecular formula is C25H41N3O4. The Morgan fingerprint density at radius 3 is 2.38 bits per heavy atom. The highest BCUT2D eigenvalue weighted by Gasteiger charge is 2.47. The molecule has 5 atom stereocenters. The second kappa shape index (κ2) is 11.1. The Bertz CT molecular complexity index is 747. The van der Waals surface area contributed by atoms with E-state index in [0.29, 0.717) is 6.42 Å². The molecule has 1 heterocycles. The summed E-state index contributed by atoms with van der Waals surface area (Å²) in [7, 11) is 0. The predicted molar refractivity (Wildman–Crippen MR) is 126 cm³/mol. The fourth-order valence-corrected chi connectivity index (χ4v) is 4.26. The lowest BCUT2D eigenvalue weighted by Gasteiger charge is -2.32. The van der Waals surface area contributed by atoms with Crippen LogP contribution in [-0.4, -0.2) is 58.0 Å². The SMILES string of the molecule is CCCC(C)N1C(=O)[C@H]([C@H](O)[C@H](Cc2ccccc2)NC(=O)OC(C)(C)C)NC1C(C)C. The van der Waals surface area contributed by atoms with E-state index in [4.69, 9.17) is 4.74 Å². The number of aliphatic hydroxyl groups is 1. The molecule has 0 aromatic heterocycles. The average Bonchev–Trinajstić information content (AvgIpc) is 3.04. The van der Waals surface area contributed by atoms with E-state index in [0.717, 1.165) is 18.4 Å². The van der Waals surface area contributed by atoms with Crippen LogP contribution in [0.4, 0.5) is 4.79 Å². The molecule has 2 amide bonds. The van der Waals surface area contributed by atoms with Gasteiger partial charge in [-0.3, -0.25) is 10.1 Å². The fourth-order valence-electron chi connectivity index (χ4n) is 4.26. The molecule has 32 heavy (non-hydrogen) atoms.